The van der Waals surface area contributed by atoms with Crippen LogP contribution in [-0.4, -0.2) is 38.4 Å². The second-order valence-corrected chi connectivity index (χ2v) is 8.00. The second kappa shape index (κ2) is 10.9. The van der Waals surface area contributed by atoms with Crippen LogP contribution in [0.25, 0.3) is 10.9 Å². The third-order valence-electron chi connectivity index (χ3n) is 5.89. The first-order chi connectivity index (χ1) is 17.0. The molecule has 3 aromatic carbocycles. The van der Waals surface area contributed by atoms with Crippen LogP contribution >= 0.6 is 0 Å². The highest BCUT2D eigenvalue weighted by Gasteiger charge is 2.15. The lowest BCUT2D eigenvalue weighted by atomic mass is 9.98. The SMILES string of the molecule is COc1ccc(C[C@H](NCc2nc3cc(OC)c(OC)cc3c(=O)[nH]2)c2ccc(OC)cc2)cc1. The molecule has 0 saturated carbocycles. The summed E-state index contributed by atoms with van der Waals surface area (Å²) in [5.41, 5.74) is 2.55. The summed E-state index contributed by atoms with van der Waals surface area (Å²) in [5, 5.41) is 3.99. The lowest BCUT2D eigenvalue weighted by molar-refractivity contribution is 0.355. The van der Waals surface area contributed by atoms with E-state index >= 15 is 0 Å². The molecule has 2 N–H and O–H groups in total. The van der Waals surface area contributed by atoms with E-state index in [0.717, 1.165) is 29.0 Å². The molecule has 0 aliphatic carbocycles. The van der Waals surface area contributed by atoms with Crippen molar-refractivity contribution in [3.05, 3.63) is 88.0 Å². The first-order valence-corrected chi connectivity index (χ1v) is 11.2. The maximum absolute atomic E-state index is 12.8. The molecule has 182 valence electrons. The molecular weight excluding hydrogens is 446 g/mol. The smallest absolute Gasteiger partial charge is 0.258 e. The topological polar surface area (TPSA) is 94.7 Å². The fourth-order valence-electron chi connectivity index (χ4n) is 3.96. The van der Waals surface area contributed by atoms with E-state index in [-0.39, 0.29) is 11.6 Å². The Labute approximate surface area is 203 Å². The monoisotopic (exact) mass is 475 g/mol. The summed E-state index contributed by atoms with van der Waals surface area (Å²) in [5.74, 6) is 3.14. The number of rotatable bonds is 10. The molecule has 1 heterocycles. The number of hydrogen-bond donors (Lipinski definition) is 2. The van der Waals surface area contributed by atoms with Crippen LogP contribution in [0.5, 0.6) is 23.0 Å². The van der Waals surface area contributed by atoms with Crippen LogP contribution < -0.4 is 29.8 Å². The van der Waals surface area contributed by atoms with E-state index < -0.39 is 0 Å². The Morgan fingerprint density at radius 2 is 1.43 bits per heavy atom. The Morgan fingerprint density at radius 1 is 0.829 bits per heavy atom. The molecule has 0 spiro atoms. The van der Waals surface area contributed by atoms with Crippen molar-refractivity contribution in [1.82, 2.24) is 15.3 Å². The Hall–Kier alpha value is -4.04. The first-order valence-electron chi connectivity index (χ1n) is 11.2. The van der Waals surface area contributed by atoms with E-state index in [4.69, 9.17) is 18.9 Å². The van der Waals surface area contributed by atoms with Gasteiger partial charge in [0, 0.05) is 12.1 Å². The Bertz CT molecular complexity index is 1330. The Balaban J connectivity index is 1.61. The predicted octanol–water partition coefficient (Wildman–Crippen LogP) is 4.03. The van der Waals surface area contributed by atoms with Crippen molar-refractivity contribution in [3.63, 3.8) is 0 Å². The number of H-pyrrole nitrogens is 1. The molecule has 1 aromatic heterocycles. The summed E-state index contributed by atoms with van der Waals surface area (Å²) in [6.45, 7) is 0.367. The molecule has 0 saturated heterocycles. The van der Waals surface area contributed by atoms with Crippen molar-refractivity contribution >= 4 is 10.9 Å². The molecule has 0 aliphatic rings. The highest BCUT2D eigenvalue weighted by atomic mass is 16.5. The van der Waals surface area contributed by atoms with Gasteiger partial charge in [0.15, 0.2) is 11.5 Å². The summed E-state index contributed by atoms with van der Waals surface area (Å²) in [6, 6.07) is 19.3. The van der Waals surface area contributed by atoms with Crippen molar-refractivity contribution in [1.29, 1.82) is 0 Å². The first kappa shape index (κ1) is 24.1. The van der Waals surface area contributed by atoms with Crippen molar-refractivity contribution in [2.75, 3.05) is 28.4 Å². The number of aromatic amines is 1. The van der Waals surface area contributed by atoms with Gasteiger partial charge in [0.25, 0.3) is 5.56 Å². The molecule has 0 radical (unpaired) electrons. The number of methoxy groups -OCH3 is 4. The maximum Gasteiger partial charge on any atom is 0.258 e. The normalized spacial score (nSPS) is 11.8. The van der Waals surface area contributed by atoms with Gasteiger partial charge in [-0.05, 0) is 47.9 Å². The minimum Gasteiger partial charge on any atom is -0.497 e. The summed E-state index contributed by atoms with van der Waals surface area (Å²) in [6.07, 6.45) is 0.735. The van der Waals surface area contributed by atoms with Gasteiger partial charge in [0.1, 0.15) is 17.3 Å². The molecule has 0 bridgehead atoms. The van der Waals surface area contributed by atoms with Crippen LogP contribution in [0.15, 0.2) is 65.5 Å². The summed E-state index contributed by atoms with van der Waals surface area (Å²) < 4.78 is 21.3. The van der Waals surface area contributed by atoms with Gasteiger partial charge in [0.2, 0.25) is 0 Å². The van der Waals surface area contributed by atoms with E-state index in [2.05, 4.69) is 15.3 Å². The molecular formula is C27H29N3O5. The van der Waals surface area contributed by atoms with Gasteiger partial charge in [-0.15, -0.1) is 0 Å². The highest BCUT2D eigenvalue weighted by Crippen LogP contribution is 2.30. The van der Waals surface area contributed by atoms with Crippen LogP contribution in [0.4, 0.5) is 0 Å². The van der Waals surface area contributed by atoms with Crippen molar-refractivity contribution < 1.29 is 18.9 Å². The Morgan fingerprint density at radius 3 is 2.03 bits per heavy atom. The quantitative estimate of drug-likeness (QED) is 0.358. The second-order valence-electron chi connectivity index (χ2n) is 8.00. The largest absolute Gasteiger partial charge is 0.497 e. The average molecular weight is 476 g/mol. The third-order valence-corrected chi connectivity index (χ3v) is 5.89. The fourth-order valence-corrected chi connectivity index (χ4v) is 3.96. The number of benzene rings is 3. The van der Waals surface area contributed by atoms with E-state index in [1.54, 1.807) is 33.5 Å². The molecule has 0 aliphatic heterocycles. The van der Waals surface area contributed by atoms with E-state index in [1.165, 1.54) is 7.11 Å². The van der Waals surface area contributed by atoms with Crippen LogP contribution in [0.2, 0.25) is 0 Å². The number of ether oxygens (including phenoxy) is 4. The molecule has 0 amide bonds. The number of fused-ring (bicyclic) bond motifs is 1. The molecule has 8 heteroatoms. The zero-order valence-electron chi connectivity index (χ0n) is 20.3. The van der Waals surface area contributed by atoms with Crippen LogP contribution in [0.1, 0.15) is 23.0 Å². The highest BCUT2D eigenvalue weighted by molar-refractivity contribution is 5.81. The minimum atomic E-state index is -0.232. The van der Waals surface area contributed by atoms with Gasteiger partial charge in [-0.25, -0.2) is 4.98 Å². The van der Waals surface area contributed by atoms with Gasteiger partial charge in [-0.2, -0.15) is 0 Å². The molecule has 0 fully saturated rings. The van der Waals surface area contributed by atoms with E-state index in [9.17, 15) is 4.79 Å². The Kier molecular flexibility index (Phi) is 7.52. The molecule has 35 heavy (non-hydrogen) atoms. The predicted molar refractivity (Wildman–Crippen MR) is 135 cm³/mol. The molecule has 0 unspecified atom stereocenters. The maximum atomic E-state index is 12.8. The van der Waals surface area contributed by atoms with Crippen molar-refractivity contribution in [2.24, 2.45) is 0 Å². The summed E-state index contributed by atoms with van der Waals surface area (Å²) in [7, 11) is 6.39. The molecule has 8 nitrogen and oxygen atoms in total. The van der Waals surface area contributed by atoms with Crippen LogP contribution in [-0.2, 0) is 13.0 Å². The van der Waals surface area contributed by atoms with Gasteiger partial charge in [-0.3, -0.25) is 4.79 Å². The lowest BCUT2D eigenvalue weighted by Gasteiger charge is -2.20. The molecule has 4 rings (SSSR count). The fraction of sp³-hybridized carbons (Fsp3) is 0.259. The zero-order chi connectivity index (χ0) is 24.8. The van der Waals surface area contributed by atoms with E-state index in [0.29, 0.717) is 34.8 Å². The number of hydrogen-bond acceptors (Lipinski definition) is 7. The van der Waals surface area contributed by atoms with Gasteiger partial charge < -0.3 is 29.2 Å². The molecule has 1 atom stereocenters. The van der Waals surface area contributed by atoms with Crippen molar-refractivity contribution in [3.8, 4) is 23.0 Å². The standard InChI is InChI=1S/C27H29N3O5/c1-32-19-9-5-17(6-10-19)13-22(18-7-11-20(33-2)12-8-18)28-16-26-29-23-15-25(35-4)24(34-3)14-21(23)27(31)30-26/h5-12,14-15,22,28H,13,16H2,1-4H3,(H,29,30,31)/t22-/m0/s1. The average Bonchev–Trinajstić information content (AvgIpc) is 2.90. The summed E-state index contributed by atoms with van der Waals surface area (Å²) in [4.78, 5) is 20.3. The third kappa shape index (κ3) is 5.55. The lowest BCUT2D eigenvalue weighted by Crippen LogP contribution is -2.25. The number of nitrogens with one attached hydrogen (secondary N) is 2. The number of nitrogens with zero attached hydrogens (tertiary/aromatic N) is 1. The van der Waals surface area contributed by atoms with E-state index in [1.807, 2.05) is 48.5 Å². The van der Waals surface area contributed by atoms with Crippen molar-refractivity contribution in [2.45, 2.75) is 19.0 Å². The van der Waals surface area contributed by atoms with Gasteiger partial charge in [-0.1, -0.05) is 24.3 Å². The molecule has 4 aromatic rings. The summed E-state index contributed by atoms with van der Waals surface area (Å²) >= 11 is 0. The minimum absolute atomic E-state index is 0.0271. The zero-order valence-corrected chi connectivity index (χ0v) is 20.3. The van der Waals surface area contributed by atoms with Crippen LogP contribution in [0, 0.1) is 0 Å². The van der Waals surface area contributed by atoms with Gasteiger partial charge in [0.05, 0.1) is 45.9 Å². The number of aromatic nitrogens is 2. The van der Waals surface area contributed by atoms with Crippen LogP contribution in [0.3, 0.4) is 0 Å². The van der Waals surface area contributed by atoms with Gasteiger partial charge >= 0.3 is 0 Å².